The number of carboxylic acid groups (broad SMARTS) is 1. The number of methoxy groups -OCH3 is 1. The molecule has 0 fully saturated rings. The molecule has 122 valence electrons. The molecular weight excluding hydrogens is 306 g/mol. The molecule has 0 radical (unpaired) electrons. The van der Waals surface area contributed by atoms with E-state index >= 15 is 0 Å². The average Bonchev–Trinajstić information content (AvgIpc) is 2.60. The van der Waals surface area contributed by atoms with Gasteiger partial charge in [0, 0.05) is 18.1 Å². The SMILES string of the molecule is COc1cccc(CNc2c(C(=O)O)cnc3c(N)cccc23)c1. The first-order chi connectivity index (χ1) is 11.6. The van der Waals surface area contributed by atoms with Crippen molar-refractivity contribution in [3.8, 4) is 5.75 Å². The van der Waals surface area contributed by atoms with E-state index in [2.05, 4.69) is 10.3 Å². The molecule has 1 heterocycles. The number of nitrogens with one attached hydrogen (secondary N) is 1. The van der Waals surface area contributed by atoms with E-state index in [4.69, 9.17) is 10.5 Å². The number of para-hydroxylation sites is 1. The highest BCUT2D eigenvalue weighted by atomic mass is 16.5. The molecule has 3 aromatic rings. The van der Waals surface area contributed by atoms with Crippen LogP contribution in [0, 0.1) is 0 Å². The van der Waals surface area contributed by atoms with E-state index in [1.165, 1.54) is 6.20 Å². The molecule has 6 nitrogen and oxygen atoms in total. The molecule has 1 aromatic heterocycles. The summed E-state index contributed by atoms with van der Waals surface area (Å²) >= 11 is 0. The number of pyridine rings is 1. The second kappa shape index (κ2) is 6.45. The summed E-state index contributed by atoms with van der Waals surface area (Å²) in [6.07, 6.45) is 1.33. The van der Waals surface area contributed by atoms with Crippen LogP contribution in [0.15, 0.2) is 48.7 Å². The number of ether oxygens (including phenoxy) is 1. The number of rotatable bonds is 5. The molecule has 0 aliphatic rings. The van der Waals surface area contributed by atoms with Gasteiger partial charge in [-0.1, -0.05) is 24.3 Å². The number of hydrogen-bond acceptors (Lipinski definition) is 5. The fourth-order valence-electron chi connectivity index (χ4n) is 2.57. The Balaban J connectivity index is 2.01. The molecule has 0 spiro atoms. The predicted octanol–water partition coefficient (Wildman–Crippen LogP) is 3.14. The van der Waals surface area contributed by atoms with Crippen LogP contribution in [0.25, 0.3) is 10.9 Å². The maximum absolute atomic E-state index is 11.5. The van der Waals surface area contributed by atoms with Gasteiger partial charge in [-0.05, 0) is 23.8 Å². The van der Waals surface area contributed by atoms with Crippen LogP contribution in [0.1, 0.15) is 15.9 Å². The van der Waals surface area contributed by atoms with Gasteiger partial charge in [0.2, 0.25) is 0 Å². The zero-order chi connectivity index (χ0) is 17.1. The number of nitrogens with two attached hydrogens (primary N) is 1. The molecule has 24 heavy (non-hydrogen) atoms. The summed E-state index contributed by atoms with van der Waals surface area (Å²) in [5, 5.41) is 13.3. The Morgan fingerprint density at radius 2 is 2.08 bits per heavy atom. The van der Waals surface area contributed by atoms with Gasteiger partial charge in [-0.25, -0.2) is 4.79 Å². The van der Waals surface area contributed by atoms with Crippen LogP contribution in [0.4, 0.5) is 11.4 Å². The molecule has 0 atom stereocenters. The number of carbonyl (C=O) groups is 1. The summed E-state index contributed by atoms with van der Waals surface area (Å²) in [6.45, 7) is 0.450. The molecule has 0 bridgehead atoms. The second-order valence-electron chi connectivity index (χ2n) is 5.30. The number of aromatic carboxylic acids is 1. The smallest absolute Gasteiger partial charge is 0.339 e. The lowest BCUT2D eigenvalue weighted by Gasteiger charge is -2.14. The lowest BCUT2D eigenvalue weighted by molar-refractivity contribution is 0.0697. The molecular formula is C18H17N3O3. The molecule has 0 saturated heterocycles. The number of fused-ring (bicyclic) bond motifs is 1. The van der Waals surface area contributed by atoms with Crippen molar-refractivity contribution in [2.24, 2.45) is 0 Å². The quantitative estimate of drug-likeness (QED) is 0.624. The van der Waals surface area contributed by atoms with Gasteiger partial charge in [-0.3, -0.25) is 4.98 Å². The van der Waals surface area contributed by atoms with Crippen molar-refractivity contribution in [1.82, 2.24) is 4.98 Å². The van der Waals surface area contributed by atoms with E-state index in [0.717, 1.165) is 11.3 Å². The number of benzene rings is 2. The fraction of sp³-hybridized carbons (Fsp3) is 0.111. The first kappa shape index (κ1) is 15.6. The third kappa shape index (κ3) is 2.94. The number of nitrogens with zero attached hydrogens (tertiary/aromatic N) is 1. The van der Waals surface area contributed by atoms with Gasteiger partial charge in [0.05, 0.1) is 24.0 Å². The Bertz CT molecular complexity index is 909. The van der Waals surface area contributed by atoms with Crippen molar-refractivity contribution in [2.45, 2.75) is 6.54 Å². The van der Waals surface area contributed by atoms with E-state index in [1.807, 2.05) is 24.3 Å². The molecule has 0 aliphatic heterocycles. The second-order valence-corrected chi connectivity index (χ2v) is 5.30. The van der Waals surface area contributed by atoms with Crippen LogP contribution in [0.5, 0.6) is 5.75 Å². The third-order valence-corrected chi connectivity index (χ3v) is 3.76. The summed E-state index contributed by atoms with van der Waals surface area (Å²) in [4.78, 5) is 15.7. The van der Waals surface area contributed by atoms with Gasteiger partial charge in [0.15, 0.2) is 0 Å². The van der Waals surface area contributed by atoms with E-state index in [-0.39, 0.29) is 5.56 Å². The van der Waals surface area contributed by atoms with E-state index in [1.54, 1.807) is 25.3 Å². The lowest BCUT2D eigenvalue weighted by Crippen LogP contribution is -2.08. The minimum absolute atomic E-state index is 0.107. The van der Waals surface area contributed by atoms with E-state index in [0.29, 0.717) is 28.8 Å². The molecule has 2 aromatic carbocycles. The van der Waals surface area contributed by atoms with Crippen molar-refractivity contribution in [3.63, 3.8) is 0 Å². The molecule has 0 aliphatic carbocycles. The number of anilines is 2. The van der Waals surface area contributed by atoms with E-state index in [9.17, 15) is 9.90 Å². The summed E-state index contributed by atoms with van der Waals surface area (Å²) in [6, 6.07) is 12.9. The van der Waals surface area contributed by atoms with Gasteiger partial charge in [0.1, 0.15) is 11.3 Å². The van der Waals surface area contributed by atoms with Gasteiger partial charge in [-0.15, -0.1) is 0 Å². The molecule has 6 heteroatoms. The van der Waals surface area contributed by atoms with Crippen LogP contribution < -0.4 is 15.8 Å². The highest BCUT2D eigenvalue weighted by Gasteiger charge is 2.15. The van der Waals surface area contributed by atoms with Crippen molar-refractivity contribution in [2.75, 3.05) is 18.2 Å². The van der Waals surface area contributed by atoms with E-state index < -0.39 is 5.97 Å². The molecule has 0 saturated carbocycles. The summed E-state index contributed by atoms with van der Waals surface area (Å²) in [5.41, 5.74) is 8.61. The van der Waals surface area contributed by atoms with Crippen LogP contribution in [0.3, 0.4) is 0 Å². The molecule has 4 N–H and O–H groups in total. The van der Waals surface area contributed by atoms with Gasteiger partial charge in [0.25, 0.3) is 0 Å². The lowest BCUT2D eigenvalue weighted by atomic mass is 10.1. The molecule has 3 rings (SSSR count). The monoisotopic (exact) mass is 323 g/mol. The maximum atomic E-state index is 11.5. The Hall–Kier alpha value is -3.28. The standard InChI is InChI=1S/C18H17N3O3/c1-24-12-5-2-4-11(8-12)9-20-16-13-6-3-7-15(19)17(13)21-10-14(16)18(22)23/h2-8,10H,9,19H2,1H3,(H,20,21)(H,22,23). The predicted molar refractivity (Wildman–Crippen MR) is 93.4 cm³/mol. The minimum Gasteiger partial charge on any atom is -0.497 e. The number of aromatic nitrogens is 1. The molecule has 0 unspecified atom stereocenters. The first-order valence-corrected chi connectivity index (χ1v) is 7.37. The Kier molecular flexibility index (Phi) is 4.20. The summed E-state index contributed by atoms with van der Waals surface area (Å²) in [5.74, 6) is -0.295. The zero-order valence-corrected chi connectivity index (χ0v) is 13.1. The average molecular weight is 323 g/mol. The Morgan fingerprint density at radius 1 is 1.29 bits per heavy atom. The fourth-order valence-corrected chi connectivity index (χ4v) is 2.57. The Labute approximate surface area is 138 Å². The zero-order valence-electron chi connectivity index (χ0n) is 13.1. The van der Waals surface area contributed by atoms with Gasteiger partial charge < -0.3 is 20.9 Å². The summed E-state index contributed by atoms with van der Waals surface area (Å²) in [7, 11) is 1.61. The third-order valence-electron chi connectivity index (χ3n) is 3.76. The van der Waals surface area contributed by atoms with Crippen LogP contribution in [0.2, 0.25) is 0 Å². The van der Waals surface area contributed by atoms with Crippen LogP contribution >= 0.6 is 0 Å². The van der Waals surface area contributed by atoms with Crippen LogP contribution in [-0.4, -0.2) is 23.2 Å². The maximum Gasteiger partial charge on any atom is 0.339 e. The number of hydrogen-bond donors (Lipinski definition) is 3. The Morgan fingerprint density at radius 3 is 2.83 bits per heavy atom. The highest BCUT2D eigenvalue weighted by Crippen LogP contribution is 2.29. The summed E-state index contributed by atoms with van der Waals surface area (Å²) < 4.78 is 5.21. The number of carboxylic acids is 1. The minimum atomic E-state index is -1.04. The molecule has 0 amide bonds. The van der Waals surface area contributed by atoms with Crippen molar-refractivity contribution >= 4 is 28.2 Å². The highest BCUT2D eigenvalue weighted by molar-refractivity contribution is 6.06. The van der Waals surface area contributed by atoms with Crippen molar-refractivity contribution < 1.29 is 14.6 Å². The van der Waals surface area contributed by atoms with Crippen LogP contribution in [-0.2, 0) is 6.54 Å². The van der Waals surface area contributed by atoms with Gasteiger partial charge in [-0.2, -0.15) is 0 Å². The normalized spacial score (nSPS) is 10.5. The van der Waals surface area contributed by atoms with Crippen molar-refractivity contribution in [1.29, 1.82) is 0 Å². The topological polar surface area (TPSA) is 97.5 Å². The van der Waals surface area contributed by atoms with Gasteiger partial charge >= 0.3 is 5.97 Å². The first-order valence-electron chi connectivity index (χ1n) is 7.37. The van der Waals surface area contributed by atoms with Crippen molar-refractivity contribution in [3.05, 3.63) is 59.8 Å². The number of nitrogen functional groups attached to an aromatic ring is 1. The largest absolute Gasteiger partial charge is 0.497 e.